The van der Waals surface area contributed by atoms with Crippen LogP contribution in [0.1, 0.15) is 54.5 Å². The van der Waals surface area contributed by atoms with Gasteiger partial charge in [0.15, 0.2) is 0 Å². The van der Waals surface area contributed by atoms with Crippen LogP contribution in [0.4, 0.5) is 0 Å². The van der Waals surface area contributed by atoms with E-state index in [9.17, 15) is 0 Å². The number of aryl methyl sites for hydroxylation is 3. The van der Waals surface area contributed by atoms with Gasteiger partial charge in [0, 0.05) is 6.04 Å². The first-order valence-electron chi connectivity index (χ1n) is 6.93. The zero-order valence-electron chi connectivity index (χ0n) is 11.6. The molecule has 17 heavy (non-hydrogen) atoms. The fourth-order valence-corrected chi connectivity index (χ4v) is 2.96. The lowest BCUT2D eigenvalue weighted by Crippen LogP contribution is -2.32. The lowest BCUT2D eigenvalue weighted by atomic mass is 9.85. The van der Waals surface area contributed by atoms with E-state index in [0.717, 1.165) is 5.92 Å². The molecule has 1 N–H and O–H groups in total. The van der Waals surface area contributed by atoms with Crippen LogP contribution in [0.2, 0.25) is 0 Å². The number of piperidine rings is 1. The molecule has 1 aliphatic rings. The Hall–Kier alpha value is -0.820. The fourth-order valence-electron chi connectivity index (χ4n) is 2.96. The van der Waals surface area contributed by atoms with Crippen molar-refractivity contribution in [3.63, 3.8) is 0 Å². The third-order valence-corrected chi connectivity index (χ3v) is 4.35. The molecule has 1 saturated heterocycles. The monoisotopic (exact) mass is 231 g/mol. The molecule has 2 rings (SSSR count). The van der Waals surface area contributed by atoms with E-state index >= 15 is 0 Å². The van der Waals surface area contributed by atoms with Gasteiger partial charge in [0.2, 0.25) is 0 Å². The zero-order valence-corrected chi connectivity index (χ0v) is 11.6. The van der Waals surface area contributed by atoms with Crippen molar-refractivity contribution in [1.82, 2.24) is 5.32 Å². The van der Waals surface area contributed by atoms with E-state index < -0.39 is 0 Å². The van der Waals surface area contributed by atoms with Gasteiger partial charge in [-0.05, 0) is 68.3 Å². The Morgan fingerprint density at radius 2 is 1.82 bits per heavy atom. The second-order valence-corrected chi connectivity index (χ2v) is 5.60. The average molecular weight is 231 g/mol. The lowest BCUT2D eigenvalue weighted by Gasteiger charge is -2.31. The van der Waals surface area contributed by atoms with Gasteiger partial charge in [-0.2, -0.15) is 0 Å². The molecule has 1 heteroatoms. The Labute approximate surface area is 106 Å². The fraction of sp³-hybridized carbons (Fsp3) is 0.625. The molecule has 0 radical (unpaired) electrons. The predicted molar refractivity (Wildman–Crippen MR) is 74.4 cm³/mol. The molecule has 94 valence electrons. The third-order valence-electron chi connectivity index (χ3n) is 4.35. The molecule has 0 aliphatic carbocycles. The van der Waals surface area contributed by atoms with Crippen LogP contribution in [0.15, 0.2) is 12.1 Å². The zero-order chi connectivity index (χ0) is 12.4. The molecule has 1 heterocycles. The summed E-state index contributed by atoms with van der Waals surface area (Å²) in [6.45, 7) is 10.2. The number of rotatable bonds is 2. The summed E-state index contributed by atoms with van der Waals surface area (Å²) in [6, 6.07) is 5.30. The standard InChI is InChI=1S/C16H25N/c1-5-14-6-7-17-16(10-14)15-9-12(3)11(2)8-13(15)4/h8-9,14,16-17H,5-7,10H2,1-4H3. The summed E-state index contributed by atoms with van der Waals surface area (Å²) in [5.41, 5.74) is 5.80. The summed E-state index contributed by atoms with van der Waals surface area (Å²) in [4.78, 5) is 0. The third kappa shape index (κ3) is 2.71. The van der Waals surface area contributed by atoms with Crippen molar-refractivity contribution in [3.8, 4) is 0 Å². The molecule has 1 aromatic rings. The predicted octanol–water partition coefficient (Wildman–Crippen LogP) is 4.06. The van der Waals surface area contributed by atoms with E-state index in [1.54, 1.807) is 0 Å². The smallest absolute Gasteiger partial charge is 0.0325 e. The molecular formula is C16H25N. The van der Waals surface area contributed by atoms with Crippen LogP contribution in [0.5, 0.6) is 0 Å². The van der Waals surface area contributed by atoms with Gasteiger partial charge in [-0.25, -0.2) is 0 Å². The molecule has 0 saturated carbocycles. The van der Waals surface area contributed by atoms with E-state index in [1.165, 1.54) is 48.1 Å². The van der Waals surface area contributed by atoms with E-state index in [2.05, 4.69) is 45.1 Å². The molecule has 1 aromatic carbocycles. The van der Waals surface area contributed by atoms with Gasteiger partial charge in [-0.15, -0.1) is 0 Å². The van der Waals surface area contributed by atoms with Gasteiger partial charge < -0.3 is 5.32 Å². The van der Waals surface area contributed by atoms with Crippen molar-refractivity contribution in [2.75, 3.05) is 6.54 Å². The summed E-state index contributed by atoms with van der Waals surface area (Å²) >= 11 is 0. The molecule has 0 spiro atoms. The highest BCUT2D eigenvalue weighted by Gasteiger charge is 2.22. The van der Waals surface area contributed by atoms with E-state index in [1.807, 2.05) is 0 Å². The Bertz CT molecular complexity index is 395. The molecule has 2 atom stereocenters. The van der Waals surface area contributed by atoms with Gasteiger partial charge >= 0.3 is 0 Å². The van der Waals surface area contributed by atoms with Crippen molar-refractivity contribution >= 4 is 0 Å². The molecule has 2 unspecified atom stereocenters. The number of hydrogen-bond donors (Lipinski definition) is 1. The minimum Gasteiger partial charge on any atom is -0.310 e. The van der Waals surface area contributed by atoms with Gasteiger partial charge in [-0.3, -0.25) is 0 Å². The summed E-state index contributed by atoms with van der Waals surface area (Å²) in [6.07, 6.45) is 3.97. The SMILES string of the molecule is CCC1CCNC(c2cc(C)c(C)cc2C)C1. The van der Waals surface area contributed by atoms with Gasteiger partial charge in [0.25, 0.3) is 0 Å². The molecular weight excluding hydrogens is 206 g/mol. The first-order valence-corrected chi connectivity index (χ1v) is 6.93. The highest BCUT2D eigenvalue weighted by Crippen LogP contribution is 2.31. The van der Waals surface area contributed by atoms with Crippen LogP contribution in [-0.4, -0.2) is 6.54 Å². The van der Waals surface area contributed by atoms with Crippen molar-refractivity contribution in [2.24, 2.45) is 5.92 Å². The van der Waals surface area contributed by atoms with Gasteiger partial charge in [0.1, 0.15) is 0 Å². The largest absolute Gasteiger partial charge is 0.310 e. The van der Waals surface area contributed by atoms with Gasteiger partial charge in [0.05, 0.1) is 0 Å². The molecule has 0 bridgehead atoms. The number of hydrogen-bond acceptors (Lipinski definition) is 1. The first-order chi connectivity index (χ1) is 8.11. The van der Waals surface area contributed by atoms with Crippen molar-refractivity contribution in [2.45, 2.75) is 53.0 Å². The Balaban J connectivity index is 2.24. The van der Waals surface area contributed by atoms with Crippen molar-refractivity contribution in [3.05, 3.63) is 34.4 Å². The van der Waals surface area contributed by atoms with Crippen LogP contribution in [0.25, 0.3) is 0 Å². The quantitative estimate of drug-likeness (QED) is 0.809. The molecule has 1 fully saturated rings. The van der Waals surface area contributed by atoms with Crippen LogP contribution >= 0.6 is 0 Å². The van der Waals surface area contributed by atoms with E-state index in [0.29, 0.717) is 6.04 Å². The summed E-state index contributed by atoms with van der Waals surface area (Å²) < 4.78 is 0. The summed E-state index contributed by atoms with van der Waals surface area (Å²) in [7, 11) is 0. The van der Waals surface area contributed by atoms with Crippen LogP contribution in [0, 0.1) is 26.7 Å². The minimum absolute atomic E-state index is 0.577. The summed E-state index contributed by atoms with van der Waals surface area (Å²) in [5, 5.41) is 3.69. The maximum absolute atomic E-state index is 3.69. The van der Waals surface area contributed by atoms with Gasteiger partial charge in [-0.1, -0.05) is 25.5 Å². The minimum atomic E-state index is 0.577. The first kappa shape index (κ1) is 12.6. The second-order valence-electron chi connectivity index (χ2n) is 5.60. The van der Waals surface area contributed by atoms with Crippen molar-refractivity contribution < 1.29 is 0 Å². The number of benzene rings is 1. The molecule has 0 aromatic heterocycles. The summed E-state index contributed by atoms with van der Waals surface area (Å²) in [5.74, 6) is 0.905. The van der Waals surface area contributed by atoms with E-state index in [4.69, 9.17) is 0 Å². The Morgan fingerprint density at radius 1 is 1.12 bits per heavy atom. The lowest BCUT2D eigenvalue weighted by molar-refractivity contribution is 0.298. The van der Waals surface area contributed by atoms with Crippen LogP contribution in [0.3, 0.4) is 0 Å². The average Bonchev–Trinajstić information content (AvgIpc) is 2.34. The topological polar surface area (TPSA) is 12.0 Å². The molecule has 0 amide bonds. The highest BCUT2D eigenvalue weighted by atomic mass is 14.9. The Morgan fingerprint density at radius 3 is 2.53 bits per heavy atom. The van der Waals surface area contributed by atoms with Crippen LogP contribution < -0.4 is 5.32 Å². The highest BCUT2D eigenvalue weighted by molar-refractivity contribution is 5.38. The maximum atomic E-state index is 3.69. The van der Waals surface area contributed by atoms with Crippen molar-refractivity contribution in [1.29, 1.82) is 0 Å². The maximum Gasteiger partial charge on any atom is 0.0325 e. The second kappa shape index (κ2) is 5.22. The normalized spacial score (nSPS) is 24.9. The van der Waals surface area contributed by atoms with Crippen LogP contribution in [-0.2, 0) is 0 Å². The molecule has 1 aliphatic heterocycles. The molecule has 1 nitrogen and oxygen atoms in total. The number of nitrogens with one attached hydrogen (secondary N) is 1. The Kier molecular flexibility index (Phi) is 3.88. The van der Waals surface area contributed by atoms with E-state index in [-0.39, 0.29) is 0 Å².